The Balaban J connectivity index is 1.77. The molecule has 28 heavy (non-hydrogen) atoms. The summed E-state index contributed by atoms with van der Waals surface area (Å²) in [7, 11) is 0. The Morgan fingerprint density at radius 2 is 1.82 bits per heavy atom. The van der Waals surface area contributed by atoms with Gasteiger partial charge in [-0.2, -0.15) is 0 Å². The van der Waals surface area contributed by atoms with E-state index < -0.39 is 5.91 Å². The molecule has 148 valence electrons. The van der Waals surface area contributed by atoms with Gasteiger partial charge in [0.2, 0.25) is 5.91 Å². The number of carbonyl (C=O) groups excluding carboxylic acids is 1. The van der Waals surface area contributed by atoms with E-state index in [1.54, 1.807) is 6.07 Å². The van der Waals surface area contributed by atoms with E-state index in [9.17, 15) is 4.79 Å². The van der Waals surface area contributed by atoms with Crippen molar-refractivity contribution in [1.82, 2.24) is 0 Å². The number of amides is 1. The number of ether oxygens (including phenoxy) is 1. The quantitative estimate of drug-likeness (QED) is 0.863. The molecule has 0 atom stereocenters. The van der Waals surface area contributed by atoms with Crippen molar-refractivity contribution in [2.24, 2.45) is 11.1 Å². The summed E-state index contributed by atoms with van der Waals surface area (Å²) in [6.45, 7) is 10.6. The van der Waals surface area contributed by atoms with Crippen LogP contribution in [0.25, 0.3) is 11.1 Å². The zero-order chi connectivity index (χ0) is 19.9. The molecule has 2 aliphatic heterocycles. The molecule has 1 spiro atoms. The fourth-order valence-electron chi connectivity index (χ4n) is 4.71. The maximum atomic E-state index is 11.6. The molecule has 1 fully saturated rings. The Hall–Kier alpha value is -2.33. The smallest absolute Gasteiger partial charge is 0.248 e. The molecule has 0 aliphatic carbocycles. The normalized spacial score (nSPS) is 18.3. The molecular formula is C24H30N2O2. The van der Waals surface area contributed by atoms with Gasteiger partial charge < -0.3 is 15.4 Å². The summed E-state index contributed by atoms with van der Waals surface area (Å²) in [5, 5.41) is 0. The SMILES string of the molecule is CC(C)(C)CN1CC2(CCOCC2)c2ccc(-c3cccc(C(N)=O)c3)cc21. The molecular weight excluding hydrogens is 348 g/mol. The minimum Gasteiger partial charge on any atom is -0.381 e. The van der Waals surface area contributed by atoms with Gasteiger partial charge in [0.1, 0.15) is 0 Å². The van der Waals surface area contributed by atoms with Gasteiger partial charge in [-0.15, -0.1) is 0 Å². The first kappa shape index (κ1) is 19.0. The third-order valence-electron chi connectivity index (χ3n) is 6.00. The van der Waals surface area contributed by atoms with E-state index in [4.69, 9.17) is 10.5 Å². The van der Waals surface area contributed by atoms with Gasteiger partial charge in [0.25, 0.3) is 0 Å². The van der Waals surface area contributed by atoms with E-state index >= 15 is 0 Å². The molecule has 0 aromatic heterocycles. The molecule has 4 rings (SSSR count). The Bertz CT molecular complexity index is 892. The summed E-state index contributed by atoms with van der Waals surface area (Å²) in [5.41, 5.74) is 11.4. The average molecular weight is 379 g/mol. The molecule has 2 aromatic rings. The van der Waals surface area contributed by atoms with Gasteiger partial charge >= 0.3 is 0 Å². The van der Waals surface area contributed by atoms with Crippen LogP contribution in [0.2, 0.25) is 0 Å². The summed E-state index contributed by atoms with van der Waals surface area (Å²) in [5.74, 6) is -0.390. The van der Waals surface area contributed by atoms with Crippen LogP contribution in [-0.2, 0) is 10.2 Å². The summed E-state index contributed by atoms with van der Waals surface area (Å²) < 4.78 is 5.67. The van der Waals surface area contributed by atoms with E-state index in [1.807, 2.05) is 18.2 Å². The molecule has 2 aromatic carbocycles. The number of benzene rings is 2. The van der Waals surface area contributed by atoms with Crippen LogP contribution in [0.5, 0.6) is 0 Å². The largest absolute Gasteiger partial charge is 0.381 e. The fourth-order valence-corrected chi connectivity index (χ4v) is 4.71. The standard InChI is InChI=1S/C24H30N2O2/c1-23(2,3)15-26-16-24(9-11-28-12-10-24)20-8-7-18(14-21(20)26)17-5-4-6-19(13-17)22(25)27/h4-8,13-14H,9-12,15-16H2,1-3H3,(H2,25,27). The van der Waals surface area contributed by atoms with Gasteiger partial charge in [-0.3, -0.25) is 4.79 Å². The van der Waals surface area contributed by atoms with Crippen LogP contribution in [0, 0.1) is 5.41 Å². The number of nitrogens with two attached hydrogens (primary N) is 1. The number of nitrogens with zero attached hydrogens (tertiary/aromatic N) is 1. The second-order valence-electron chi connectivity index (χ2n) is 9.49. The number of primary amides is 1. The summed E-state index contributed by atoms with van der Waals surface area (Å²) in [6, 6.07) is 14.4. The molecule has 0 saturated carbocycles. The zero-order valence-corrected chi connectivity index (χ0v) is 17.1. The molecule has 1 amide bonds. The highest BCUT2D eigenvalue weighted by Crippen LogP contribution is 2.48. The minimum absolute atomic E-state index is 0.201. The first-order valence-electron chi connectivity index (χ1n) is 10.1. The highest BCUT2D eigenvalue weighted by atomic mass is 16.5. The molecule has 0 radical (unpaired) electrons. The van der Waals surface area contributed by atoms with Crippen molar-refractivity contribution in [2.45, 2.75) is 39.0 Å². The first-order chi connectivity index (χ1) is 13.3. The van der Waals surface area contributed by atoms with Gasteiger partial charge in [0.05, 0.1) is 0 Å². The summed E-state index contributed by atoms with van der Waals surface area (Å²) in [4.78, 5) is 14.1. The van der Waals surface area contributed by atoms with Crippen molar-refractivity contribution >= 4 is 11.6 Å². The third-order valence-corrected chi connectivity index (χ3v) is 6.00. The Morgan fingerprint density at radius 1 is 1.11 bits per heavy atom. The molecule has 4 nitrogen and oxygen atoms in total. The molecule has 2 N–H and O–H groups in total. The van der Waals surface area contributed by atoms with Gasteiger partial charge in [-0.05, 0) is 53.1 Å². The second-order valence-corrected chi connectivity index (χ2v) is 9.49. The van der Waals surface area contributed by atoms with E-state index in [-0.39, 0.29) is 10.8 Å². The highest BCUT2D eigenvalue weighted by molar-refractivity contribution is 5.94. The molecule has 2 heterocycles. The zero-order valence-electron chi connectivity index (χ0n) is 17.1. The summed E-state index contributed by atoms with van der Waals surface area (Å²) >= 11 is 0. The van der Waals surface area contributed by atoms with Gasteiger partial charge in [0, 0.05) is 43.0 Å². The van der Waals surface area contributed by atoms with Gasteiger partial charge in [0.15, 0.2) is 0 Å². The minimum atomic E-state index is -0.390. The van der Waals surface area contributed by atoms with Crippen LogP contribution in [-0.4, -0.2) is 32.2 Å². The number of anilines is 1. The second kappa shape index (κ2) is 6.93. The Morgan fingerprint density at radius 3 is 2.50 bits per heavy atom. The third kappa shape index (κ3) is 3.53. The van der Waals surface area contributed by atoms with E-state index in [2.05, 4.69) is 43.9 Å². The van der Waals surface area contributed by atoms with Crippen LogP contribution in [0.4, 0.5) is 5.69 Å². The number of fused-ring (bicyclic) bond motifs is 2. The molecule has 0 bridgehead atoms. The fraction of sp³-hybridized carbons (Fsp3) is 0.458. The Labute approximate surface area is 167 Å². The highest BCUT2D eigenvalue weighted by Gasteiger charge is 2.44. The Kier molecular flexibility index (Phi) is 4.70. The van der Waals surface area contributed by atoms with E-state index in [1.165, 1.54) is 11.3 Å². The lowest BCUT2D eigenvalue weighted by Crippen LogP contribution is -2.41. The van der Waals surface area contributed by atoms with Crippen molar-refractivity contribution in [3.63, 3.8) is 0 Å². The van der Waals surface area contributed by atoms with Crippen molar-refractivity contribution in [3.8, 4) is 11.1 Å². The maximum Gasteiger partial charge on any atom is 0.248 e. The number of hydrogen-bond acceptors (Lipinski definition) is 3. The predicted molar refractivity (Wildman–Crippen MR) is 114 cm³/mol. The number of rotatable bonds is 3. The lowest BCUT2D eigenvalue weighted by atomic mass is 9.75. The number of carbonyl (C=O) groups is 1. The molecule has 2 aliphatic rings. The van der Waals surface area contributed by atoms with Crippen LogP contribution in [0.15, 0.2) is 42.5 Å². The van der Waals surface area contributed by atoms with E-state index in [0.29, 0.717) is 5.56 Å². The monoisotopic (exact) mass is 378 g/mol. The lowest BCUT2D eigenvalue weighted by Gasteiger charge is -2.35. The average Bonchev–Trinajstić information content (AvgIpc) is 2.93. The van der Waals surface area contributed by atoms with Crippen molar-refractivity contribution in [1.29, 1.82) is 0 Å². The first-order valence-corrected chi connectivity index (χ1v) is 10.1. The number of hydrogen-bond donors (Lipinski definition) is 1. The molecule has 0 unspecified atom stereocenters. The van der Waals surface area contributed by atoms with Gasteiger partial charge in [-0.1, -0.05) is 45.0 Å². The van der Waals surface area contributed by atoms with E-state index in [0.717, 1.165) is 50.3 Å². The topological polar surface area (TPSA) is 55.6 Å². The van der Waals surface area contributed by atoms with Crippen molar-refractivity contribution < 1.29 is 9.53 Å². The van der Waals surface area contributed by atoms with Crippen LogP contribution in [0.3, 0.4) is 0 Å². The van der Waals surface area contributed by atoms with Crippen LogP contribution < -0.4 is 10.6 Å². The van der Waals surface area contributed by atoms with Crippen LogP contribution >= 0.6 is 0 Å². The van der Waals surface area contributed by atoms with Crippen molar-refractivity contribution in [2.75, 3.05) is 31.2 Å². The summed E-state index contributed by atoms with van der Waals surface area (Å²) in [6.07, 6.45) is 2.16. The predicted octanol–water partition coefficient (Wildman–Crippen LogP) is 4.37. The van der Waals surface area contributed by atoms with Crippen LogP contribution in [0.1, 0.15) is 49.5 Å². The maximum absolute atomic E-state index is 11.6. The van der Waals surface area contributed by atoms with Crippen molar-refractivity contribution in [3.05, 3.63) is 53.6 Å². The molecule has 1 saturated heterocycles. The lowest BCUT2D eigenvalue weighted by molar-refractivity contribution is 0.0550. The molecule has 4 heteroatoms. The van der Waals surface area contributed by atoms with Gasteiger partial charge in [-0.25, -0.2) is 0 Å².